The number of hydrogen-bond acceptors (Lipinski definition) is 5. The highest BCUT2D eigenvalue weighted by atomic mass is 16.5. The van der Waals surface area contributed by atoms with E-state index < -0.39 is 11.7 Å². The van der Waals surface area contributed by atoms with Crippen molar-refractivity contribution in [3.05, 3.63) is 34.7 Å². The van der Waals surface area contributed by atoms with E-state index in [-0.39, 0.29) is 12.0 Å². The molecule has 1 unspecified atom stereocenters. The summed E-state index contributed by atoms with van der Waals surface area (Å²) in [5.74, 6) is 0.958. The van der Waals surface area contributed by atoms with Gasteiger partial charge in [0.1, 0.15) is 12.2 Å². The molecule has 0 spiro atoms. The standard InChI is InChI=1S/C16H20O5/c1-16(2,3)14(17)9-20-13-8-11-10(7-12(13)19-4)5-6-15(18)21-11/h5-8,14,17H,9H2,1-4H3. The molecule has 0 amide bonds. The summed E-state index contributed by atoms with van der Waals surface area (Å²) in [5, 5.41) is 10.8. The van der Waals surface area contributed by atoms with Gasteiger partial charge in [-0.3, -0.25) is 0 Å². The van der Waals surface area contributed by atoms with Crippen LogP contribution in [-0.2, 0) is 0 Å². The minimum Gasteiger partial charge on any atom is -0.493 e. The van der Waals surface area contributed by atoms with Gasteiger partial charge in [0.2, 0.25) is 0 Å². The molecule has 21 heavy (non-hydrogen) atoms. The van der Waals surface area contributed by atoms with Gasteiger partial charge in [-0.15, -0.1) is 0 Å². The lowest BCUT2D eigenvalue weighted by atomic mass is 9.90. The predicted octanol–water partition coefficient (Wildman–Crippen LogP) is 2.59. The summed E-state index contributed by atoms with van der Waals surface area (Å²) in [5.41, 5.74) is -0.284. The highest BCUT2D eigenvalue weighted by Gasteiger charge is 2.23. The molecule has 0 saturated carbocycles. The second kappa shape index (κ2) is 5.77. The van der Waals surface area contributed by atoms with E-state index in [4.69, 9.17) is 13.9 Å². The van der Waals surface area contributed by atoms with Crippen LogP contribution in [-0.4, -0.2) is 24.9 Å². The van der Waals surface area contributed by atoms with Crippen molar-refractivity contribution >= 4 is 11.0 Å². The van der Waals surface area contributed by atoms with E-state index in [9.17, 15) is 9.90 Å². The molecule has 1 atom stereocenters. The molecule has 5 nitrogen and oxygen atoms in total. The number of rotatable bonds is 4. The van der Waals surface area contributed by atoms with Crippen LogP contribution < -0.4 is 15.1 Å². The molecule has 0 aliphatic rings. The fraction of sp³-hybridized carbons (Fsp3) is 0.438. The highest BCUT2D eigenvalue weighted by molar-refractivity contribution is 5.80. The summed E-state index contributed by atoms with van der Waals surface area (Å²) in [7, 11) is 1.54. The Bertz CT molecular complexity index is 681. The van der Waals surface area contributed by atoms with Crippen LogP contribution in [0.2, 0.25) is 0 Å². The number of fused-ring (bicyclic) bond motifs is 1. The fourth-order valence-electron chi connectivity index (χ4n) is 1.77. The minimum atomic E-state index is -0.624. The van der Waals surface area contributed by atoms with E-state index in [0.717, 1.165) is 5.39 Å². The van der Waals surface area contributed by atoms with Crippen molar-refractivity contribution in [2.24, 2.45) is 5.41 Å². The van der Waals surface area contributed by atoms with Gasteiger partial charge in [0, 0.05) is 17.5 Å². The van der Waals surface area contributed by atoms with E-state index >= 15 is 0 Å². The Morgan fingerprint density at radius 2 is 1.95 bits per heavy atom. The lowest BCUT2D eigenvalue weighted by Gasteiger charge is -2.26. The van der Waals surface area contributed by atoms with Crippen molar-refractivity contribution in [2.75, 3.05) is 13.7 Å². The van der Waals surface area contributed by atoms with Crippen LogP contribution in [0.15, 0.2) is 33.5 Å². The Labute approximate surface area is 123 Å². The molecule has 5 heteroatoms. The molecule has 1 aromatic carbocycles. The Morgan fingerprint density at radius 3 is 2.57 bits per heavy atom. The van der Waals surface area contributed by atoms with Crippen LogP contribution in [0.4, 0.5) is 0 Å². The molecule has 1 heterocycles. The van der Waals surface area contributed by atoms with Crippen LogP contribution in [0.25, 0.3) is 11.0 Å². The number of aliphatic hydroxyl groups is 1. The van der Waals surface area contributed by atoms with E-state index in [1.165, 1.54) is 13.2 Å². The largest absolute Gasteiger partial charge is 0.493 e. The lowest BCUT2D eigenvalue weighted by Crippen LogP contribution is -2.32. The number of methoxy groups -OCH3 is 1. The van der Waals surface area contributed by atoms with E-state index in [2.05, 4.69) is 0 Å². The first-order valence-corrected chi connectivity index (χ1v) is 6.74. The number of ether oxygens (including phenoxy) is 2. The van der Waals surface area contributed by atoms with Crippen LogP contribution in [0.1, 0.15) is 20.8 Å². The van der Waals surface area contributed by atoms with Crippen molar-refractivity contribution in [1.29, 1.82) is 0 Å². The van der Waals surface area contributed by atoms with Crippen LogP contribution >= 0.6 is 0 Å². The van der Waals surface area contributed by atoms with Gasteiger partial charge in [0.25, 0.3) is 0 Å². The average molecular weight is 292 g/mol. The molecular weight excluding hydrogens is 272 g/mol. The zero-order chi connectivity index (χ0) is 15.6. The van der Waals surface area contributed by atoms with Crippen LogP contribution in [0.5, 0.6) is 11.5 Å². The summed E-state index contributed by atoms with van der Waals surface area (Å²) in [6, 6.07) is 6.35. The third-order valence-corrected chi connectivity index (χ3v) is 3.30. The zero-order valence-electron chi connectivity index (χ0n) is 12.7. The molecule has 0 radical (unpaired) electrons. The molecule has 0 fully saturated rings. The summed E-state index contributed by atoms with van der Waals surface area (Å²) in [4.78, 5) is 11.3. The van der Waals surface area contributed by atoms with Crippen molar-refractivity contribution in [3.8, 4) is 11.5 Å². The molecule has 1 aromatic heterocycles. The molecule has 2 aromatic rings. The van der Waals surface area contributed by atoms with Crippen molar-refractivity contribution in [2.45, 2.75) is 26.9 Å². The maximum Gasteiger partial charge on any atom is 0.336 e. The Kier molecular flexibility index (Phi) is 4.23. The van der Waals surface area contributed by atoms with Gasteiger partial charge in [0.05, 0.1) is 13.2 Å². The SMILES string of the molecule is COc1cc2ccc(=O)oc2cc1OCC(O)C(C)(C)C. The van der Waals surface area contributed by atoms with E-state index in [1.807, 2.05) is 20.8 Å². The number of aliphatic hydroxyl groups excluding tert-OH is 1. The molecule has 0 aliphatic carbocycles. The first-order valence-electron chi connectivity index (χ1n) is 6.74. The maximum atomic E-state index is 11.3. The van der Waals surface area contributed by atoms with Crippen LogP contribution in [0.3, 0.4) is 0 Å². The van der Waals surface area contributed by atoms with Crippen LogP contribution in [0, 0.1) is 5.41 Å². The van der Waals surface area contributed by atoms with Gasteiger partial charge >= 0.3 is 5.63 Å². The Hall–Kier alpha value is -2.01. The minimum absolute atomic E-state index is 0.127. The molecule has 1 N–H and O–H groups in total. The summed E-state index contributed by atoms with van der Waals surface area (Å²) in [6.07, 6.45) is -0.624. The summed E-state index contributed by atoms with van der Waals surface area (Å²) < 4.78 is 16.0. The number of hydrogen-bond donors (Lipinski definition) is 1. The van der Waals surface area contributed by atoms with Gasteiger partial charge in [0.15, 0.2) is 11.5 Å². The average Bonchev–Trinajstić information content (AvgIpc) is 2.42. The normalized spacial score (nSPS) is 13.2. The van der Waals surface area contributed by atoms with Crippen molar-refractivity contribution in [3.63, 3.8) is 0 Å². The third-order valence-electron chi connectivity index (χ3n) is 3.30. The lowest BCUT2D eigenvalue weighted by molar-refractivity contribution is 0.0211. The Balaban J connectivity index is 2.31. The number of benzene rings is 1. The molecule has 2 rings (SSSR count). The Morgan fingerprint density at radius 1 is 1.24 bits per heavy atom. The summed E-state index contributed by atoms with van der Waals surface area (Å²) in [6.45, 7) is 5.91. The molecule has 0 saturated heterocycles. The quantitative estimate of drug-likeness (QED) is 0.877. The predicted molar refractivity (Wildman–Crippen MR) is 80.0 cm³/mol. The van der Waals surface area contributed by atoms with E-state index in [0.29, 0.717) is 17.1 Å². The molecule has 0 aliphatic heterocycles. The molecule has 0 bridgehead atoms. The van der Waals surface area contributed by atoms with Gasteiger partial charge in [-0.25, -0.2) is 4.79 Å². The van der Waals surface area contributed by atoms with Crippen molar-refractivity contribution < 1.29 is 19.0 Å². The first kappa shape index (κ1) is 15.4. The smallest absolute Gasteiger partial charge is 0.336 e. The molecular formula is C16H20O5. The topological polar surface area (TPSA) is 68.9 Å². The first-order chi connectivity index (χ1) is 9.81. The second-order valence-electron chi connectivity index (χ2n) is 5.99. The molecule has 114 valence electrons. The zero-order valence-corrected chi connectivity index (χ0v) is 12.7. The highest BCUT2D eigenvalue weighted by Crippen LogP contribution is 2.32. The fourth-order valence-corrected chi connectivity index (χ4v) is 1.77. The monoisotopic (exact) mass is 292 g/mol. The van der Waals surface area contributed by atoms with Gasteiger partial charge < -0.3 is 19.0 Å². The van der Waals surface area contributed by atoms with Gasteiger partial charge in [-0.05, 0) is 17.5 Å². The summed E-state index contributed by atoms with van der Waals surface area (Å²) >= 11 is 0. The van der Waals surface area contributed by atoms with Gasteiger partial charge in [-0.2, -0.15) is 0 Å². The second-order valence-corrected chi connectivity index (χ2v) is 5.99. The van der Waals surface area contributed by atoms with Crippen molar-refractivity contribution in [1.82, 2.24) is 0 Å². The van der Waals surface area contributed by atoms with Gasteiger partial charge in [-0.1, -0.05) is 20.8 Å². The maximum absolute atomic E-state index is 11.3. The van der Waals surface area contributed by atoms with E-state index in [1.54, 1.807) is 18.2 Å². The third kappa shape index (κ3) is 3.55.